The third-order valence-electron chi connectivity index (χ3n) is 2.98. The molecule has 2 rings (SSSR count). The van der Waals surface area contributed by atoms with Gasteiger partial charge in [-0.2, -0.15) is 0 Å². The molecule has 0 bridgehead atoms. The molecule has 3 nitrogen and oxygen atoms in total. The molecule has 5 heteroatoms. The van der Waals surface area contributed by atoms with E-state index in [9.17, 15) is 4.39 Å². The number of anilines is 2. The van der Waals surface area contributed by atoms with Gasteiger partial charge < -0.3 is 15.4 Å². The Bertz CT molecular complexity index is 408. The average Bonchev–Trinajstić information content (AvgIpc) is 2.76. The summed E-state index contributed by atoms with van der Waals surface area (Å²) in [6.45, 7) is 1.56. The van der Waals surface area contributed by atoms with Crippen molar-refractivity contribution in [3.8, 4) is 0 Å². The van der Waals surface area contributed by atoms with E-state index in [2.05, 4.69) is 15.9 Å². The summed E-state index contributed by atoms with van der Waals surface area (Å²) in [4.78, 5) is 1.95. The first-order valence-corrected chi connectivity index (χ1v) is 6.44. The zero-order valence-electron chi connectivity index (χ0n) is 9.75. The van der Waals surface area contributed by atoms with E-state index in [-0.39, 0.29) is 11.9 Å². The van der Waals surface area contributed by atoms with Crippen molar-refractivity contribution >= 4 is 27.3 Å². The molecule has 17 heavy (non-hydrogen) atoms. The summed E-state index contributed by atoms with van der Waals surface area (Å²) in [5.74, 6) is -0.298. The predicted octanol–water partition coefficient (Wildman–Crippen LogP) is 2.79. The zero-order chi connectivity index (χ0) is 12.4. The van der Waals surface area contributed by atoms with E-state index in [1.807, 2.05) is 11.9 Å². The van der Waals surface area contributed by atoms with Crippen LogP contribution >= 0.6 is 15.9 Å². The van der Waals surface area contributed by atoms with E-state index in [1.165, 1.54) is 6.07 Å². The number of benzene rings is 1. The fourth-order valence-electron chi connectivity index (χ4n) is 2.07. The van der Waals surface area contributed by atoms with Crippen LogP contribution in [0.2, 0.25) is 0 Å². The zero-order valence-corrected chi connectivity index (χ0v) is 11.3. The summed E-state index contributed by atoms with van der Waals surface area (Å²) in [5, 5.41) is 0. The molecule has 1 fully saturated rings. The summed E-state index contributed by atoms with van der Waals surface area (Å²) in [5.41, 5.74) is 7.16. The molecular weight excluding hydrogens is 287 g/mol. The van der Waals surface area contributed by atoms with Crippen molar-refractivity contribution in [3.63, 3.8) is 0 Å². The Hall–Kier alpha value is -0.810. The van der Waals surface area contributed by atoms with Gasteiger partial charge in [0.25, 0.3) is 0 Å². The van der Waals surface area contributed by atoms with Gasteiger partial charge in [-0.25, -0.2) is 4.39 Å². The predicted molar refractivity (Wildman–Crippen MR) is 70.8 cm³/mol. The van der Waals surface area contributed by atoms with Gasteiger partial charge in [0.05, 0.1) is 22.0 Å². The first-order chi connectivity index (χ1) is 8.08. The van der Waals surface area contributed by atoms with Crippen LogP contribution in [0.3, 0.4) is 0 Å². The third-order valence-corrected chi connectivity index (χ3v) is 3.59. The van der Waals surface area contributed by atoms with Gasteiger partial charge in [-0.3, -0.25) is 0 Å². The normalized spacial score (nSPS) is 19.6. The molecule has 1 aromatic carbocycles. The van der Waals surface area contributed by atoms with Crippen LogP contribution in [0.1, 0.15) is 12.8 Å². The van der Waals surface area contributed by atoms with Crippen molar-refractivity contribution in [1.29, 1.82) is 0 Å². The van der Waals surface area contributed by atoms with Crippen LogP contribution in [0.15, 0.2) is 16.6 Å². The number of hydrogen-bond donors (Lipinski definition) is 1. The van der Waals surface area contributed by atoms with Gasteiger partial charge in [0.2, 0.25) is 0 Å². The highest BCUT2D eigenvalue weighted by Crippen LogP contribution is 2.29. The molecule has 1 aliphatic rings. The maximum Gasteiger partial charge on any atom is 0.139 e. The van der Waals surface area contributed by atoms with Crippen molar-refractivity contribution in [2.24, 2.45) is 0 Å². The van der Waals surface area contributed by atoms with Gasteiger partial charge in [0, 0.05) is 26.3 Å². The van der Waals surface area contributed by atoms with Crippen molar-refractivity contribution in [1.82, 2.24) is 0 Å². The first kappa shape index (κ1) is 12.6. The summed E-state index contributed by atoms with van der Waals surface area (Å²) in [7, 11) is 1.90. The molecule has 1 aromatic rings. The Kier molecular flexibility index (Phi) is 3.89. The molecule has 1 saturated heterocycles. The van der Waals surface area contributed by atoms with E-state index in [0.717, 1.165) is 26.0 Å². The number of ether oxygens (including phenoxy) is 1. The number of nitrogen functional groups attached to an aromatic ring is 1. The van der Waals surface area contributed by atoms with Crippen LogP contribution in [-0.4, -0.2) is 26.3 Å². The second-order valence-electron chi connectivity index (χ2n) is 4.34. The second-order valence-corrected chi connectivity index (χ2v) is 5.20. The molecule has 94 valence electrons. The minimum Gasteiger partial charge on any atom is -0.397 e. The molecule has 0 radical (unpaired) electrons. The molecule has 1 aliphatic heterocycles. The van der Waals surface area contributed by atoms with Gasteiger partial charge in [0.1, 0.15) is 5.82 Å². The van der Waals surface area contributed by atoms with Crippen molar-refractivity contribution < 1.29 is 9.13 Å². The minimum atomic E-state index is -0.298. The molecule has 0 amide bonds. The lowest BCUT2D eigenvalue weighted by Crippen LogP contribution is -2.29. The maximum atomic E-state index is 13.5. The molecule has 0 aromatic heterocycles. The Morgan fingerprint density at radius 1 is 1.59 bits per heavy atom. The van der Waals surface area contributed by atoms with E-state index in [4.69, 9.17) is 10.5 Å². The Balaban J connectivity index is 2.12. The van der Waals surface area contributed by atoms with E-state index >= 15 is 0 Å². The van der Waals surface area contributed by atoms with Crippen LogP contribution in [-0.2, 0) is 4.74 Å². The highest BCUT2D eigenvalue weighted by atomic mass is 79.9. The van der Waals surface area contributed by atoms with Gasteiger partial charge >= 0.3 is 0 Å². The number of likely N-dealkylation sites (N-methyl/N-ethyl adjacent to an activating group) is 1. The minimum absolute atomic E-state index is 0.228. The fourth-order valence-corrected chi connectivity index (χ4v) is 2.44. The number of halogens is 2. The van der Waals surface area contributed by atoms with E-state index < -0.39 is 0 Å². The smallest absolute Gasteiger partial charge is 0.139 e. The monoisotopic (exact) mass is 302 g/mol. The highest BCUT2D eigenvalue weighted by Gasteiger charge is 2.19. The second kappa shape index (κ2) is 5.23. The van der Waals surface area contributed by atoms with Gasteiger partial charge in [-0.15, -0.1) is 0 Å². The summed E-state index contributed by atoms with van der Waals surface area (Å²) < 4.78 is 19.4. The van der Waals surface area contributed by atoms with Crippen LogP contribution in [0.5, 0.6) is 0 Å². The number of hydrogen-bond acceptors (Lipinski definition) is 3. The van der Waals surface area contributed by atoms with Gasteiger partial charge in [-0.05, 0) is 34.8 Å². The standard InChI is InChI=1S/C12H16BrFN2O/c1-16(7-8-3-2-4-17-8)12-6-10(14)9(13)5-11(12)15/h5-6,8H,2-4,7,15H2,1H3. The van der Waals surface area contributed by atoms with Gasteiger partial charge in [0.15, 0.2) is 0 Å². The Morgan fingerprint density at radius 3 is 3.00 bits per heavy atom. The summed E-state index contributed by atoms with van der Waals surface area (Å²) in [6, 6.07) is 3.05. The number of rotatable bonds is 3. The molecule has 1 unspecified atom stereocenters. The van der Waals surface area contributed by atoms with Gasteiger partial charge in [-0.1, -0.05) is 0 Å². The molecule has 0 saturated carbocycles. The number of nitrogens with zero attached hydrogens (tertiary/aromatic N) is 1. The SMILES string of the molecule is CN(CC1CCCO1)c1cc(F)c(Br)cc1N. The third kappa shape index (κ3) is 2.90. The highest BCUT2D eigenvalue weighted by molar-refractivity contribution is 9.10. The lowest BCUT2D eigenvalue weighted by atomic mass is 10.2. The van der Waals surface area contributed by atoms with Crippen LogP contribution in [0, 0.1) is 5.82 Å². The summed E-state index contributed by atoms with van der Waals surface area (Å²) in [6.07, 6.45) is 2.39. The Labute approximate surface area is 109 Å². The van der Waals surface area contributed by atoms with E-state index in [1.54, 1.807) is 6.07 Å². The van der Waals surface area contributed by atoms with Crippen LogP contribution in [0.4, 0.5) is 15.8 Å². The van der Waals surface area contributed by atoms with Crippen molar-refractivity contribution in [3.05, 3.63) is 22.4 Å². The molecule has 1 heterocycles. The lowest BCUT2D eigenvalue weighted by molar-refractivity contribution is 0.116. The Morgan fingerprint density at radius 2 is 2.35 bits per heavy atom. The topological polar surface area (TPSA) is 38.5 Å². The number of nitrogens with two attached hydrogens (primary N) is 1. The molecule has 0 aliphatic carbocycles. The van der Waals surface area contributed by atoms with Crippen molar-refractivity contribution in [2.45, 2.75) is 18.9 Å². The quantitative estimate of drug-likeness (QED) is 0.873. The maximum absolute atomic E-state index is 13.5. The molecule has 2 N–H and O–H groups in total. The lowest BCUT2D eigenvalue weighted by Gasteiger charge is -2.24. The molecule has 0 spiro atoms. The summed E-state index contributed by atoms with van der Waals surface area (Å²) >= 11 is 3.12. The molecular formula is C12H16BrFN2O. The largest absolute Gasteiger partial charge is 0.397 e. The van der Waals surface area contributed by atoms with Crippen LogP contribution < -0.4 is 10.6 Å². The fraction of sp³-hybridized carbons (Fsp3) is 0.500. The average molecular weight is 303 g/mol. The van der Waals surface area contributed by atoms with Crippen LogP contribution in [0.25, 0.3) is 0 Å². The first-order valence-electron chi connectivity index (χ1n) is 5.65. The van der Waals surface area contributed by atoms with E-state index in [0.29, 0.717) is 15.8 Å². The molecule has 1 atom stereocenters. The van der Waals surface area contributed by atoms with Crippen molar-refractivity contribution in [2.75, 3.05) is 30.8 Å².